The van der Waals surface area contributed by atoms with E-state index in [2.05, 4.69) is 27.5 Å². The summed E-state index contributed by atoms with van der Waals surface area (Å²) < 4.78 is 0. The van der Waals surface area contributed by atoms with E-state index in [-0.39, 0.29) is 23.5 Å². The average Bonchev–Trinajstić information content (AvgIpc) is 2.79. The van der Waals surface area contributed by atoms with Gasteiger partial charge in [0.25, 0.3) is 5.91 Å². The third-order valence-corrected chi connectivity index (χ3v) is 5.42. The second-order valence-electron chi connectivity index (χ2n) is 7.13. The second-order valence-corrected chi connectivity index (χ2v) is 7.13. The Labute approximate surface area is 137 Å². The van der Waals surface area contributed by atoms with E-state index >= 15 is 0 Å². The fourth-order valence-corrected chi connectivity index (χ4v) is 4.02. The van der Waals surface area contributed by atoms with Crippen molar-refractivity contribution < 1.29 is 9.90 Å². The Bertz CT molecular complexity index is 579. The maximum atomic E-state index is 12.2. The molecule has 1 amide bonds. The van der Waals surface area contributed by atoms with Crippen LogP contribution in [0.5, 0.6) is 0 Å². The maximum absolute atomic E-state index is 12.2. The second kappa shape index (κ2) is 6.53. The Hall–Kier alpha value is -1.53. The molecule has 6 heteroatoms. The van der Waals surface area contributed by atoms with Gasteiger partial charge in [-0.15, -0.1) is 0 Å². The first kappa shape index (κ1) is 16.3. The van der Waals surface area contributed by atoms with Crippen molar-refractivity contribution in [3.8, 4) is 0 Å². The fraction of sp³-hybridized carbons (Fsp3) is 0.706. The number of aromatic nitrogens is 2. The molecule has 0 spiro atoms. The molecular formula is C17H26N4O2. The molecule has 23 heavy (non-hydrogen) atoms. The Kier molecular flexibility index (Phi) is 4.64. The summed E-state index contributed by atoms with van der Waals surface area (Å²) in [6, 6.07) is 2.16. The number of nitrogens with one attached hydrogen (secondary N) is 2. The van der Waals surface area contributed by atoms with Gasteiger partial charge in [0.05, 0.1) is 6.10 Å². The molecule has 0 unspecified atom stereocenters. The summed E-state index contributed by atoms with van der Waals surface area (Å²) in [5.41, 5.74) is 0.313. The molecule has 3 rings (SSSR count). The predicted molar refractivity (Wildman–Crippen MR) is 87.0 cm³/mol. The highest BCUT2D eigenvalue weighted by molar-refractivity contribution is 5.92. The van der Waals surface area contributed by atoms with Crippen LogP contribution in [0.1, 0.15) is 55.3 Å². The number of aliphatic hydroxyl groups is 1. The highest BCUT2D eigenvalue weighted by atomic mass is 16.3. The highest BCUT2D eigenvalue weighted by Crippen LogP contribution is 2.43. The van der Waals surface area contributed by atoms with E-state index in [0.717, 1.165) is 32.1 Å². The van der Waals surface area contributed by atoms with Crippen molar-refractivity contribution in [2.45, 2.75) is 64.1 Å². The first-order valence-electron chi connectivity index (χ1n) is 8.51. The van der Waals surface area contributed by atoms with Crippen molar-refractivity contribution in [1.82, 2.24) is 20.6 Å². The summed E-state index contributed by atoms with van der Waals surface area (Å²) in [5, 5.41) is 17.0. The standard InChI is InChI=1S/C17H26N4O2/c1-11-18-8-7-13(20-11)16(23)19-10-12-9-17(2)14(21-12)5-3-4-6-15(17)22/h7-8,12,14-15,21-22H,3-6,9-10H2,1-2H3,(H,19,23)/t12-,14-,15+,17-/m1/s1. The van der Waals surface area contributed by atoms with Gasteiger partial charge in [-0.25, -0.2) is 9.97 Å². The number of aliphatic hydroxyl groups excluding tert-OH is 1. The number of rotatable bonds is 3. The topological polar surface area (TPSA) is 87.1 Å². The first-order valence-corrected chi connectivity index (χ1v) is 8.51. The van der Waals surface area contributed by atoms with Gasteiger partial charge in [-0.05, 0) is 32.3 Å². The molecule has 0 aromatic carbocycles. The Morgan fingerprint density at radius 2 is 2.26 bits per heavy atom. The van der Waals surface area contributed by atoms with E-state index in [9.17, 15) is 9.90 Å². The zero-order chi connectivity index (χ0) is 16.4. The number of fused-ring (bicyclic) bond motifs is 1. The lowest BCUT2D eigenvalue weighted by Crippen LogP contribution is -2.43. The lowest BCUT2D eigenvalue weighted by atomic mass is 9.75. The van der Waals surface area contributed by atoms with Crippen molar-refractivity contribution in [2.75, 3.05) is 6.54 Å². The molecule has 126 valence electrons. The van der Waals surface area contributed by atoms with Gasteiger partial charge in [-0.1, -0.05) is 19.8 Å². The molecule has 0 bridgehead atoms. The number of nitrogens with zero attached hydrogens (tertiary/aromatic N) is 2. The highest BCUT2D eigenvalue weighted by Gasteiger charge is 2.48. The van der Waals surface area contributed by atoms with Crippen molar-refractivity contribution in [3.05, 3.63) is 23.8 Å². The van der Waals surface area contributed by atoms with Crippen molar-refractivity contribution in [1.29, 1.82) is 0 Å². The molecule has 3 N–H and O–H groups in total. The van der Waals surface area contributed by atoms with Crippen LogP contribution in [0.15, 0.2) is 12.3 Å². The fourth-order valence-electron chi connectivity index (χ4n) is 4.02. The minimum atomic E-state index is -0.257. The molecule has 1 aliphatic carbocycles. The molecule has 2 aliphatic rings. The Morgan fingerprint density at radius 1 is 1.48 bits per heavy atom. The Balaban J connectivity index is 1.59. The molecule has 6 nitrogen and oxygen atoms in total. The van der Waals surface area contributed by atoms with Crippen LogP contribution in [0.3, 0.4) is 0 Å². The molecule has 1 aliphatic heterocycles. The molecule has 1 aromatic heterocycles. The van der Waals surface area contributed by atoms with Gasteiger partial charge in [0.15, 0.2) is 0 Å². The third-order valence-electron chi connectivity index (χ3n) is 5.42. The number of carbonyl (C=O) groups excluding carboxylic acids is 1. The number of aryl methyl sites for hydroxylation is 1. The average molecular weight is 318 g/mol. The molecule has 1 saturated heterocycles. The van der Waals surface area contributed by atoms with E-state index in [4.69, 9.17) is 0 Å². The van der Waals surface area contributed by atoms with Crippen LogP contribution in [0.25, 0.3) is 0 Å². The number of hydrogen-bond acceptors (Lipinski definition) is 5. The summed E-state index contributed by atoms with van der Waals surface area (Å²) in [4.78, 5) is 20.3. The van der Waals surface area contributed by atoms with Gasteiger partial charge in [0, 0.05) is 30.2 Å². The van der Waals surface area contributed by atoms with Gasteiger partial charge >= 0.3 is 0 Å². The monoisotopic (exact) mass is 318 g/mol. The minimum Gasteiger partial charge on any atom is -0.392 e. The van der Waals surface area contributed by atoms with Gasteiger partial charge in [-0.2, -0.15) is 0 Å². The summed E-state index contributed by atoms with van der Waals surface area (Å²) in [5.74, 6) is 0.421. The molecule has 0 radical (unpaired) electrons. The molecule has 2 fully saturated rings. The number of amides is 1. The molecular weight excluding hydrogens is 292 g/mol. The number of hydrogen-bond donors (Lipinski definition) is 3. The van der Waals surface area contributed by atoms with Crippen LogP contribution in [-0.2, 0) is 0 Å². The van der Waals surface area contributed by atoms with Crippen molar-refractivity contribution in [3.63, 3.8) is 0 Å². The van der Waals surface area contributed by atoms with Gasteiger partial charge in [0.2, 0.25) is 0 Å². The smallest absolute Gasteiger partial charge is 0.270 e. The van der Waals surface area contributed by atoms with Crippen LogP contribution >= 0.6 is 0 Å². The number of carbonyl (C=O) groups is 1. The molecule has 2 heterocycles. The zero-order valence-electron chi connectivity index (χ0n) is 13.9. The first-order chi connectivity index (χ1) is 11.0. The van der Waals surface area contributed by atoms with Crippen molar-refractivity contribution in [2.24, 2.45) is 5.41 Å². The van der Waals surface area contributed by atoms with Crippen LogP contribution in [0, 0.1) is 12.3 Å². The Morgan fingerprint density at radius 3 is 3.04 bits per heavy atom. The SMILES string of the molecule is Cc1nccc(C(=O)NC[C@H]2C[C@@]3(C)[C@@H](O)CCCC[C@H]3N2)n1. The van der Waals surface area contributed by atoms with Gasteiger partial charge in [0.1, 0.15) is 11.5 Å². The zero-order valence-corrected chi connectivity index (χ0v) is 13.9. The van der Waals surface area contributed by atoms with Crippen molar-refractivity contribution >= 4 is 5.91 Å². The summed E-state index contributed by atoms with van der Waals surface area (Å²) in [6.45, 7) is 4.50. The predicted octanol–water partition coefficient (Wildman–Crippen LogP) is 1.19. The normalized spacial score (nSPS) is 33.8. The van der Waals surface area contributed by atoms with E-state index in [1.165, 1.54) is 0 Å². The maximum Gasteiger partial charge on any atom is 0.270 e. The van der Waals surface area contributed by atoms with E-state index in [1.54, 1.807) is 19.2 Å². The van der Waals surface area contributed by atoms with E-state index in [0.29, 0.717) is 24.1 Å². The van der Waals surface area contributed by atoms with E-state index < -0.39 is 0 Å². The quantitative estimate of drug-likeness (QED) is 0.779. The summed E-state index contributed by atoms with van der Waals surface area (Å²) >= 11 is 0. The van der Waals surface area contributed by atoms with Crippen LogP contribution < -0.4 is 10.6 Å². The third kappa shape index (κ3) is 3.38. The lowest BCUT2D eigenvalue weighted by molar-refractivity contribution is 0.0281. The van der Waals surface area contributed by atoms with E-state index in [1.807, 2.05) is 0 Å². The van der Waals surface area contributed by atoms with Gasteiger partial charge in [-0.3, -0.25) is 4.79 Å². The lowest BCUT2D eigenvalue weighted by Gasteiger charge is -2.33. The molecule has 4 atom stereocenters. The van der Waals surface area contributed by atoms with Crippen LogP contribution in [0.2, 0.25) is 0 Å². The minimum absolute atomic E-state index is 0.0859. The summed E-state index contributed by atoms with van der Waals surface area (Å²) in [6.07, 6.45) is 6.47. The molecule has 1 aromatic rings. The largest absolute Gasteiger partial charge is 0.392 e. The molecule has 1 saturated carbocycles. The summed E-state index contributed by atoms with van der Waals surface area (Å²) in [7, 11) is 0. The van der Waals surface area contributed by atoms with Crippen LogP contribution in [0.4, 0.5) is 0 Å². The van der Waals surface area contributed by atoms with Crippen LogP contribution in [-0.4, -0.2) is 45.7 Å². The van der Waals surface area contributed by atoms with Gasteiger partial charge < -0.3 is 15.7 Å².